The number of hydrogen-bond donors (Lipinski definition) is 2. The molecule has 1 aromatic carbocycles. The molecule has 1 aromatic heterocycles. The first-order chi connectivity index (χ1) is 11.5. The summed E-state index contributed by atoms with van der Waals surface area (Å²) < 4.78 is 10.0. The number of ether oxygens (including phenoxy) is 1. The van der Waals surface area contributed by atoms with Crippen LogP contribution in [-0.2, 0) is 20.7 Å². The Hall–Kier alpha value is -3.09. The molecular weight excluding hydrogens is 312 g/mol. The lowest BCUT2D eigenvalue weighted by Gasteiger charge is -2.19. The third kappa shape index (κ3) is 4.70. The first-order valence-corrected chi connectivity index (χ1v) is 7.35. The fourth-order valence-corrected chi connectivity index (χ4v) is 1.99. The molecule has 0 fully saturated rings. The van der Waals surface area contributed by atoms with Gasteiger partial charge >= 0.3 is 5.97 Å². The van der Waals surface area contributed by atoms with E-state index in [1.54, 1.807) is 6.07 Å². The quantitative estimate of drug-likeness (QED) is 0.737. The normalized spacial score (nSPS) is 12.9. The molecule has 1 heterocycles. The van der Waals surface area contributed by atoms with Crippen LogP contribution in [0, 0.1) is 0 Å². The Morgan fingerprint density at radius 1 is 1.17 bits per heavy atom. The lowest BCUT2D eigenvalue weighted by atomic mass is 10.1. The highest BCUT2D eigenvalue weighted by atomic mass is 16.5. The summed E-state index contributed by atoms with van der Waals surface area (Å²) in [5.41, 5.74) is 5.92. The smallest absolute Gasteiger partial charge is 0.329 e. The van der Waals surface area contributed by atoms with E-state index in [-0.39, 0.29) is 12.2 Å². The van der Waals surface area contributed by atoms with Crippen molar-refractivity contribution in [2.45, 2.75) is 25.5 Å². The van der Waals surface area contributed by atoms with Gasteiger partial charge in [-0.3, -0.25) is 9.59 Å². The zero-order valence-electron chi connectivity index (χ0n) is 13.1. The van der Waals surface area contributed by atoms with Crippen molar-refractivity contribution in [3.05, 3.63) is 60.1 Å². The standard InChI is InChI=1S/C17H18N2O5/c1-11(15(18)20)24-17(22)13(10-12-6-3-2-4-7-12)19-16(21)14-8-5-9-23-14/h2-9,11,13H,10H2,1H3,(H2,18,20)(H,19,21)/t11-,13+/m1/s1. The molecule has 126 valence electrons. The average Bonchev–Trinajstić information content (AvgIpc) is 3.09. The molecule has 7 heteroatoms. The van der Waals surface area contributed by atoms with E-state index in [1.165, 1.54) is 19.3 Å². The fourth-order valence-electron chi connectivity index (χ4n) is 1.99. The molecule has 0 radical (unpaired) electrons. The van der Waals surface area contributed by atoms with E-state index >= 15 is 0 Å². The SMILES string of the molecule is C[C@@H](OC(=O)[C@H](Cc1ccccc1)NC(=O)c1ccco1)C(N)=O. The van der Waals surface area contributed by atoms with Crippen LogP contribution in [0.2, 0.25) is 0 Å². The highest BCUT2D eigenvalue weighted by Crippen LogP contribution is 2.08. The van der Waals surface area contributed by atoms with Gasteiger partial charge in [0.15, 0.2) is 11.9 Å². The number of hydrogen-bond acceptors (Lipinski definition) is 5. The largest absolute Gasteiger partial charge is 0.459 e. The van der Waals surface area contributed by atoms with Gasteiger partial charge in [-0.15, -0.1) is 0 Å². The van der Waals surface area contributed by atoms with Crippen LogP contribution in [-0.4, -0.2) is 29.9 Å². The van der Waals surface area contributed by atoms with Crippen LogP contribution in [0.4, 0.5) is 0 Å². The van der Waals surface area contributed by atoms with Crippen molar-refractivity contribution >= 4 is 17.8 Å². The molecule has 0 aliphatic rings. The van der Waals surface area contributed by atoms with Gasteiger partial charge in [0.1, 0.15) is 6.04 Å². The highest BCUT2D eigenvalue weighted by Gasteiger charge is 2.27. The minimum Gasteiger partial charge on any atom is -0.459 e. The third-order valence-electron chi connectivity index (χ3n) is 3.31. The van der Waals surface area contributed by atoms with E-state index in [0.29, 0.717) is 0 Å². The molecular formula is C17H18N2O5. The molecule has 0 unspecified atom stereocenters. The van der Waals surface area contributed by atoms with Crippen molar-refractivity contribution in [3.8, 4) is 0 Å². The molecule has 7 nitrogen and oxygen atoms in total. The molecule has 0 bridgehead atoms. The number of nitrogens with two attached hydrogens (primary N) is 1. The number of rotatable bonds is 7. The third-order valence-corrected chi connectivity index (χ3v) is 3.31. The van der Waals surface area contributed by atoms with Gasteiger partial charge in [-0.25, -0.2) is 4.79 Å². The predicted molar refractivity (Wildman–Crippen MR) is 84.9 cm³/mol. The van der Waals surface area contributed by atoms with Crippen molar-refractivity contribution in [2.75, 3.05) is 0 Å². The first-order valence-electron chi connectivity index (χ1n) is 7.35. The topological polar surface area (TPSA) is 112 Å². The van der Waals surface area contributed by atoms with E-state index in [0.717, 1.165) is 5.56 Å². The zero-order valence-corrected chi connectivity index (χ0v) is 13.1. The first kappa shape index (κ1) is 17.3. The number of primary amides is 1. The minimum atomic E-state index is -1.09. The number of nitrogens with one attached hydrogen (secondary N) is 1. The lowest BCUT2D eigenvalue weighted by Crippen LogP contribution is -2.45. The van der Waals surface area contributed by atoms with E-state index in [4.69, 9.17) is 14.9 Å². The van der Waals surface area contributed by atoms with Crippen LogP contribution >= 0.6 is 0 Å². The zero-order chi connectivity index (χ0) is 17.5. The Kier molecular flexibility index (Phi) is 5.73. The molecule has 0 spiro atoms. The summed E-state index contributed by atoms with van der Waals surface area (Å²) in [5, 5.41) is 2.55. The number of esters is 1. The molecule has 2 amide bonds. The summed E-state index contributed by atoms with van der Waals surface area (Å²) in [5.74, 6) is -1.99. The average molecular weight is 330 g/mol. The Bertz CT molecular complexity index is 697. The second-order valence-electron chi connectivity index (χ2n) is 5.17. The van der Waals surface area contributed by atoms with Crippen molar-refractivity contribution < 1.29 is 23.5 Å². The Morgan fingerprint density at radius 2 is 1.88 bits per heavy atom. The summed E-state index contributed by atoms with van der Waals surface area (Å²) in [6.07, 6.45) is 0.475. The maximum Gasteiger partial charge on any atom is 0.329 e. The molecule has 2 atom stereocenters. The molecule has 0 saturated heterocycles. The van der Waals surface area contributed by atoms with Gasteiger partial charge < -0.3 is 20.2 Å². The van der Waals surface area contributed by atoms with Crippen LogP contribution in [0.25, 0.3) is 0 Å². The molecule has 2 aromatic rings. The molecule has 0 aliphatic heterocycles. The Labute approximate surface area is 138 Å². The highest BCUT2D eigenvalue weighted by molar-refractivity contribution is 5.95. The van der Waals surface area contributed by atoms with E-state index in [9.17, 15) is 14.4 Å². The van der Waals surface area contributed by atoms with E-state index < -0.39 is 29.9 Å². The number of carbonyl (C=O) groups excluding carboxylic acids is 3. The fraction of sp³-hybridized carbons (Fsp3) is 0.235. The molecule has 2 rings (SSSR count). The summed E-state index contributed by atoms with van der Waals surface area (Å²) in [6, 6.07) is 11.2. The number of furan rings is 1. The van der Waals surface area contributed by atoms with E-state index in [1.807, 2.05) is 30.3 Å². The van der Waals surface area contributed by atoms with Crippen LogP contribution in [0.1, 0.15) is 23.0 Å². The van der Waals surface area contributed by atoms with Gasteiger partial charge in [-0.05, 0) is 24.6 Å². The van der Waals surface area contributed by atoms with E-state index in [2.05, 4.69) is 5.32 Å². The van der Waals surface area contributed by atoms with Gasteiger partial charge in [0.05, 0.1) is 6.26 Å². The van der Waals surface area contributed by atoms with Crippen molar-refractivity contribution in [1.29, 1.82) is 0 Å². The Balaban J connectivity index is 2.12. The van der Waals surface area contributed by atoms with Gasteiger partial charge in [0.25, 0.3) is 11.8 Å². The molecule has 0 aliphatic carbocycles. The van der Waals surface area contributed by atoms with Gasteiger partial charge in [-0.2, -0.15) is 0 Å². The monoisotopic (exact) mass is 330 g/mol. The van der Waals surface area contributed by atoms with Crippen LogP contribution in [0.3, 0.4) is 0 Å². The molecule has 0 saturated carbocycles. The molecule has 3 N–H and O–H groups in total. The van der Waals surface area contributed by atoms with Crippen LogP contribution in [0.15, 0.2) is 53.1 Å². The van der Waals surface area contributed by atoms with Gasteiger partial charge in [-0.1, -0.05) is 30.3 Å². The number of amides is 2. The van der Waals surface area contributed by atoms with Crippen molar-refractivity contribution in [2.24, 2.45) is 5.73 Å². The summed E-state index contributed by atoms with van der Waals surface area (Å²) in [7, 11) is 0. The number of benzene rings is 1. The summed E-state index contributed by atoms with van der Waals surface area (Å²) in [4.78, 5) is 35.5. The van der Waals surface area contributed by atoms with Gasteiger partial charge in [0.2, 0.25) is 0 Å². The predicted octanol–water partition coefficient (Wildman–Crippen LogP) is 1.04. The second-order valence-corrected chi connectivity index (χ2v) is 5.17. The maximum atomic E-state index is 12.3. The van der Waals surface area contributed by atoms with Gasteiger partial charge in [0, 0.05) is 6.42 Å². The Morgan fingerprint density at radius 3 is 2.46 bits per heavy atom. The lowest BCUT2D eigenvalue weighted by molar-refractivity contribution is -0.155. The summed E-state index contributed by atoms with van der Waals surface area (Å²) >= 11 is 0. The molecule has 24 heavy (non-hydrogen) atoms. The van der Waals surface area contributed by atoms with Crippen molar-refractivity contribution in [3.63, 3.8) is 0 Å². The second kappa shape index (κ2) is 7.96. The van der Waals surface area contributed by atoms with Crippen molar-refractivity contribution in [1.82, 2.24) is 5.32 Å². The number of carbonyl (C=O) groups is 3. The summed E-state index contributed by atoms with van der Waals surface area (Å²) in [6.45, 7) is 1.37. The van der Waals surface area contributed by atoms with Crippen LogP contribution in [0.5, 0.6) is 0 Å². The minimum absolute atomic E-state index is 0.0730. The van der Waals surface area contributed by atoms with Crippen LogP contribution < -0.4 is 11.1 Å². The maximum absolute atomic E-state index is 12.3.